The van der Waals surface area contributed by atoms with Gasteiger partial charge in [0.1, 0.15) is 17.2 Å². The monoisotopic (exact) mass is 685 g/mol. The van der Waals surface area contributed by atoms with Crippen LogP contribution in [-0.4, -0.2) is 66.1 Å². The number of methoxy groups -OCH3 is 1. The van der Waals surface area contributed by atoms with Crippen LogP contribution >= 0.6 is 0 Å². The Hall–Kier alpha value is -5.36. The van der Waals surface area contributed by atoms with E-state index in [1.165, 1.54) is 23.7 Å². The summed E-state index contributed by atoms with van der Waals surface area (Å²) >= 11 is 0. The van der Waals surface area contributed by atoms with Crippen LogP contribution in [0.3, 0.4) is 0 Å². The third-order valence-corrected chi connectivity index (χ3v) is 9.12. The lowest BCUT2D eigenvalue weighted by molar-refractivity contribution is -0.137. The summed E-state index contributed by atoms with van der Waals surface area (Å²) in [7, 11) is 5.06. The van der Waals surface area contributed by atoms with Gasteiger partial charge in [0.25, 0.3) is 11.8 Å². The van der Waals surface area contributed by atoms with Crippen LogP contribution in [0.5, 0.6) is 17.4 Å². The minimum atomic E-state index is -4.48. The van der Waals surface area contributed by atoms with Gasteiger partial charge in [-0.25, -0.2) is 4.98 Å². The van der Waals surface area contributed by atoms with Crippen LogP contribution in [0.4, 0.5) is 18.9 Å². The number of hydrogen-bond acceptors (Lipinski definition) is 6. The topological polar surface area (TPSA) is 88.9 Å². The molecule has 1 aliphatic heterocycles. The number of nitrogens with one attached hydrogen (secondary N) is 1. The molecule has 5 aromatic rings. The van der Waals surface area contributed by atoms with Crippen molar-refractivity contribution in [3.8, 4) is 17.4 Å². The number of rotatable bonds is 10. The Balaban J connectivity index is 1.03. The first-order valence-corrected chi connectivity index (χ1v) is 16.3. The predicted molar refractivity (Wildman–Crippen MR) is 185 cm³/mol. The molecule has 50 heavy (non-hydrogen) atoms. The lowest BCUT2D eigenvalue weighted by atomic mass is 10.0. The van der Waals surface area contributed by atoms with Crippen LogP contribution in [0.2, 0.25) is 0 Å². The summed E-state index contributed by atoms with van der Waals surface area (Å²) < 4.78 is 51.8. The fraction of sp³-hybridized carbons (Fsp3) is 0.289. The Labute approximate surface area is 288 Å². The second-order valence-electron chi connectivity index (χ2n) is 12.3. The van der Waals surface area contributed by atoms with Gasteiger partial charge < -0.3 is 29.2 Å². The molecule has 6 rings (SSSR count). The molecule has 1 aliphatic rings. The molecule has 0 aliphatic carbocycles. The second-order valence-corrected chi connectivity index (χ2v) is 12.3. The van der Waals surface area contributed by atoms with Crippen LogP contribution in [-0.2, 0) is 19.6 Å². The lowest BCUT2D eigenvalue weighted by Gasteiger charge is -2.32. The van der Waals surface area contributed by atoms with Crippen molar-refractivity contribution in [2.24, 2.45) is 7.05 Å². The number of benzene rings is 3. The summed E-state index contributed by atoms with van der Waals surface area (Å²) in [5.41, 5.74) is 2.49. The van der Waals surface area contributed by atoms with E-state index in [-0.39, 0.29) is 17.4 Å². The van der Waals surface area contributed by atoms with Gasteiger partial charge in [-0.3, -0.25) is 9.59 Å². The Kier molecular flexibility index (Phi) is 10.1. The van der Waals surface area contributed by atoms with E-state index >= 15 is 0 Å². The van der Waals surface area contributed by atoms with Crippen LogP contribution in [0.25, 0.3) is 10.9 Å². The molecule has 9 nitrogen and oxygen atoms in total. The number of carbonyl (C=O) groups excluding carboxylic acids is 2. The van der Waals surface area contributed by atoms with Crippen molar-refractivity contribution in [2.75, 3.05) is 38.7 Å². The van der Waals surface area contributed by atoms with Crippen LogP contribution in [0.15, 0.2) is 91.1 Å². The van der Waals surface area contributed by atoms with Gasteiger partial charge in [-0.05, 0) is 98.1 Å². The van der Waals surface area contributed by atoms with Crippen LogP contribution < -0.4 is 19.7 Å². The quantitative estimate of drug-likeness (QED) is 0.169. The number of amides is 2. The standard InChI is InChI=1S/C38H38F3N5O4/c1-44(36(47)26-6-8-28(9-7-26)38(39,40)41)30-10-15-35(43-24-30)50-32-13-14-33-27(22-32)23-34(45(33)2)37(48)46-20-17-29(18-21-46)42-19-16-25-4-11-31(49-3)12-5-25/h4-15,22-24,29,42H,16-21H2,1-3H3. The number of likely N-dealkylation sites (tertiary alicyclic amines) is 1. The third-order valence-electron chi connectivity index (χ3n) is 9.12. The Morgan fingerprint density at radius 2 is 1.64 bits per heavy atom. The number of ether oxygens (including phenoxy) is 2. The van der Waals surface area contributed by atoms with E-state index in [1.807, 2.05) is 46.8 Å². The van der Waals surface area contributed by atoms with Gasteiger partial charge in [0, 0.05) is 55.8 Å². The molecule has 2 aromatic heterocycles. The summed E-state index contributed by atoms with van der Waals surface area (Å²) in [4.78, 5) is 33.9. The first kappa shape index (κ1) is 34.5. The summed E-state index contributed by atoms with van der Waals surface area (Å²) in [6.45, 7) is 2.24. The Morgan fingerprint density at radius 3 is 2.28 bits per heavy atom. The molecule has 2 amide bonds. The molecule has 1 N–H and O–H groups in total. The highest BCUT2D eigenvalue weighted by Gasteiger charge is 2.30. The predicted octanol–water partition coefficient (Wildman–Crippen LogP) is 7.11. The summed E-state index contributed by atoms with van der Waals surface area (Å²) in [5, 5.41) is 4.49. The third kappa shape index (κ3) is 7.76. The molecule has 0 saturated carbocycles. The number of pyridine rings is 1. The van der Waals surface area contributed by atoms with E-state index in [2.05, 4.69) is 22.4 Å². The molecular formula is C38H38F3N5O4. The maximum Gasteiger partial charge on any atom is 0.416 e. The number of halogens is 3. The number of hydrogen-bond donors (Lipinski definition) is 1. The van der Waals surface area contributed by atoms with Crippen LogP contribution in [0, 0.1) is 0 Å². The van der Waals surface area contributed by atoms with Crippen molar-refractivity contribution in [1.29, 1.82) is 0 Å². The van der Waals surface area contributed by atoms with Gasteiger partial charge in [0.2, 0.25) is 5.88 Å². The number of fused-ring (bicyclic) bond motifs is 1. The zero-order valence-electron chi connectivity index (χ0n) is 28.0. The molecular weight excluding hydrogens is 647 g/mol. The van der Waals surface area contributed by atoms with E-state index in [0.717, 1.165) is 66.7 Å². The first-order valence-electron chi connectivity index (χ1n) is 16.3. The second kappa shape index (κ2) is 14.6. The van der Waals surface area contributed by atoms with E-state index in [9.17, 15) is 22.8 Å². The highest BCUT2D eigenvalue weighted by molar-refractivity contribution is 6.05. The zero-order valence-corrected chi connectivity index (χ0v) is 28.0. The van der Waals surface area contributed by atoms with E-state index in [1.54, 1.807) is 25.3 Å². The number of piperidine rings is 1. The fourth-order valence-electron chi connectivity index (χ4n) is 6.12. The van der Waals surface area contributed by atoms with Gasteiger partial charge in [-0.2, -0.15) is 13.2 Å². The number of nitrogens with zero attached hydrogens (tertiary/aromatic N) is 4. The minimum Gasteiger partial charge on any atom is -0.497 e. The number of aryl methyl sites for hydroxylation is 1. The molecule has 0 spiro atoms. The van der Waals surface area contributed by atoms with E-state index in [0.29, 0.717) is 36.3 Å². The fourth-order valence-corrected chi connectivity index (χ4v) is 6.12. The van der Waals surface area contributed by atoms with Crippen molar-refractivity contribution in [1.82, 2.24) is 19.8 Å². The molecule has 0 unspecified atom stereocenters. The Morgan fingerprint density at radius 1 is 0.940 bits per heavy atom. The molecule has 3 aromatic carbocycles. The molecule has 1 fully saturated rings. The largest absolute Gasteiger partial charge is 0.497 e. The lowest BCUT2D eigenvalue weighted by Crippen LogP contribution is -2.45. The molecule has 0 radical (unpaired) electrons. The van der Waals surface area contributed by atoms with Crippen molar-refractivity contribution < 1.29 is 32.2 Å². The zero-order chi connectivity index (χ0) is 35.4. The molecule has 0 atom stereocenters. The van der Waals surface area contributed by atoms with E-state index in [4.69, 9.17) is 9.47 Å². The average molecular weight is 686 g/mol. The molecule has 3 heterocycles. The van der Waals surface area contributed by atoms with Gasteiger partial charge in [0.15, 0.2) is 0 Å². The molecule has 12 heteroatoms. The average Bonchev–Trinajstić information content (AvgIpc) is 3.46. The van der Waals surface area contributed by atoms with Crippen molar-refractivity contribution in [3.05, 3.63) is 114 Å². The number of aromatic nitrogens is 2. The van der Waals surface area contributed by atoms with Gasteiger partial charge in [-0.1, -0.05) is 12.1 Å². The molecule has 0 bridgehead atoms. The summed E-state index contributed by atoms with van der Waals surface area (Å²) in [6.07, 6.45) is -0.316. The summed E-state index contributed by atoms with van der Waals surface area (Å²) in [5.74, 6) is 1.18. The highest BCUT2D eigenvalue weighted by atomic mass is 19.4. The number of anilines is 1. The summed E-state index contributed by atoms with van der Waals surface area (Å²) in [6, 6.07) is 23.2. The number of carbonyl (C=O) groups is 2. The Bertz CT molecular complexity index is 1950. The van der Waals surface area contributed by atoms with Gasteiger partial charge in [0.05, 0.1) is 24.6 Å². The first-order chi connectivity index (χ1) is 24.0. The van der Waals surface area contributed by atoms with E-state index < -0.39 is 17.6 Å². The highest BCUT2D eigenvalue weighted by Crippen LogP contribution is 2.31. The van der Waals surface area contributed by atoms with Crippen molar-refractivity contribution >= 4 is 28.4 Å². The number of alkyl halides is 3. The van der Waals surface area contributed by atoms with Crippen molar-refractivity contribution in [3.63, 3.8) is 0 Å². The maximum absolute atomic E-state index is 13.6. The van der Waals surface area contributed by atoms with Gasteiger partial charge in [-0.15, -0.1) is 0 Å². The SMILES string of the molecule is COc1ccc(CCNC2CCN(C(=O)c3cc4cc(Oc5ccc(N(C)C(=O)c6ccc(C(F)(F)F)cc6)cn5)ccc4n3C)CC2)cc1. The molecule has 1 saturated heterocycles. The smallest absolute Gasteiger partial charge is 0.416 e. The van der Waals surface area contributed by atoms with Crippen LogP contribution in [0.1, 0.15) is 44.8 Å². The maximum atomic E-state index is 13.6. The van der Waals surface area contributed by atoms with Gasteiger partial charge >= 0.3 is 6.18 Å². The molecule has 260 valence electrons. The van der Waals surface area contributed by atoms with Crippen molar-refractivity contribution in [2.45, 2.75) is 31.5 Å². The minimum absolute atomic E-state index is 0.00457. The normalized spacial score (nSPS) is 13.8.